The number of hydrogen-bond acceptors (Lipinski definition) is 8. The summed E-state index contributed by atoms with van der Waals surface area (Å²) < 4.78 is 7.17. The number of alkyl carbamates (subject to hydrolysis) is 1. The predicted octanol–water partition coefficient (Wildman–Crippen LogP) is 3.89. The third kappa shape index (κ3) is 5.02. The van der Waals surface area contributed by atoms with Gasteiger partial charge in [-0.05, 0) is 51.1 Å². The number of fused-ring (bicyclic) bond motifs is 1. The molecule has 0 fully saturated rings. The minimum absolute atomic E-state index is 0.0595. The highest BCUT2D eigenvalue weighted by Crippen LogP contribution is 2.33. The number of rotatable bonds is 7. The number of pyridine rings is 2. The molecule has 200 valence electrons. The van der Waals surface area contributed by atoms with Crippen molar-refractivity contribution in [3.8, 4) is 17.2 Å². The molecule has 1 N–H and O–H groups in total. The lowest BCUT2D eigenvalue weighted by molar-refractivity contribution is 0.0996. The Kier molecular flexibility index (Phi) is 6.97. The molecule has 3 aromatic heterocycles. The van der Waals surface area contributed by atoms with Crippen molar-refractivity contribution in [2.24, 2.45) is 0 Å². The molecule has 1 aromatic carbocycles. The maximum Gasteiger partial charge on any atom is 0.407 e. The van der Waals surface area contributed by atoms with Crippen LogP contribution in [0.5, 0.6) is 0 Å². The summed E-state index contributed by atoms with van der Waals surface area (Å²) in [6.45, 7) is 6.29. The van der Waals surface area contributed by atoms with Crippen molar-refractivity contribution >= 4 is 23.6 Å². The van der Waals surface area contributed by atoms with E-state index >= 15 is 0 Å². The zero-order valence-electron chi connectivity index (χ0n) is 22.5. The van der Waals surface area contributed by atoms with Crippen molar-refractivity contribution < 1.29 is 14.3 Å². The van der Waals surface area contributed by atoms with E-state index in [1.807, 2.05) is 73.7 Å². The Hall–Kier alpha value is -4.80. The lowest BCUT2D eigenvalue weighted by Crippen LogP contribution is -2.27. The summed E-state index contributed by atoms with van der Waals surface area (Å²) >= 11 is 0. The number of carbonyl (C=O) groups is 2. The molecule has 11 heteroatoms. The summed E-state index contributed by atoms with van der Waals surface area (Å²) in [6.07, 6.45) is 1.07. The van der Waals surface area contributed by atoms with Gasteiger partial charge in [-0.3, -0.25) is 14.3 Å². The first-order valence-electron chi connectivity index (χ1n) is 12.6. The van der Waals surface area contributed by atoms with Crippen LogP contribution in [-0.4, -0.2) is 56.9 Å². The molecular weight excluding hydrogens is 496 g/mol. The van der Waals surface area contributed by atoms with Crippen LogP contribution < -0.4 is 15.1 Å². The third-order valence-corrected chi connectivity index (χ3v) is 6.77. The highest BCUT2D eigenvalue weighted by Gasteiger charge is 2.34. The molecule has 0 spiro atoms. The maximum atomic E-state index is 13.7. The zero-order valence-corrected chi connectivity index (χ0v) is 22.5. The van der Waals surface area contributed by atoms with Crippen molar-refractivity contribution in [2.45, 2.75) is 40.0 Å². The van der Waals surface area contributed by atoms with Crippen molar-refractivity contribution in [3.05, 3.63) is 77.2 Å². The highest BCUT2D eigenvalue weighted by molar-refractivity contribution is 6.10. The molecule has 0 radical (unpaired) electrons. The Balaban J connectivity index is 1.50. The van der Waals surface area contributed by atoms with E-state index in [4.69, 9.17) is 14.7 Å². The van der Waals surface area contributed by atoms with Gasteiger partial charge in [0.1, 0.15) is 30.3 Å². The van der Waals surface area contributed by atoms with Gasteiger partial charge in [0.2, 0.25) is 0 Å². The summed E-state index contributed by atoms with van der Waals surface area (Å²) in [6, 6.07) is 15.4. The highest BCUT2D eigenvalue weighted by atomic mass is 16.5. The third-order valence-electron chi connectivity index (χ3n) is 6.77. The summed E-state index contributed by atoms with van der Waals surface area (Å²) in [5.74, 6) is 1.47. The van der Waals surface area contributed by atoms with Gasteiger partial charge in [-0.1, -0.05) is 23.8 Å². The minimum Gasteiger partial charge on any atom is -0.443 e. The van der Waals surface area contributed by atoms with E-state index in [2.05, 4.69) is 15.5 Å². The normalized spacial score (nSPS) is 12.6. The van der Waals surface area contributed by atoms with Gasteiger partial charge in [0.05, 0.1) is 17.8 Å². The molecule has 1 aliphatic heterocycles. The Morgan fingerprint density at radius 3 is 2.64 bits per heavy atom. The van der Waals surface area contributed by atoms with Gasteiger partial charge in [-0.25, -0.2) is 14.8 Å². The average Bonchev–Trinajstić information content (AvgIpc) is 3.56. The summed E-state index contributed by atoms with van der Waals surface area (Å²) in [4.78, 5) is 38.6. The Morgan fingerprint density at radius 2 is 1.92 bits per heavy atom. The van der Waals surface area contributed by atoms with Crippen LogP contribution in [0.25, 0.3) is 17.2 Å². The smallest absolute Gasteiger partial charge is 0.407 e. The average molecular weight is 527 g/mol. The first kappa shape index (κ1) is 25.8. The fourth-order valence-corrected chi connectivity index (χ4v) is 4.31. The van der Waals surface area contributed by atoms with Crippen LogP contribution in [-0.2, 0) is 17.9 Å². The van der Waals surface area contributed by atoms with E-state index in [-0.39, 0.29) is 25.1 Å². The fraction of sp³-hybridized carbons (Fsp3) is 0.286. The lowest BCUT2D eigenvalue weighted by Gasteiger charge is -2.23. The van der Waals surface area contributed by atoms with Crippen molar-refractivity contribution in [3.63, 3.8) is 0 Å². The zero-order chi connectivity index (χ0) is 27.7. The molecule has 0 saturated carbocycles. The van der Waals surface area contributed by atoms with Gasteiger partial charge in [0, 0.05) is 31.4 Å². The van der Waals surface area contributed by atoms with Crippen LogP contribution in [0.15, 0.2) is 54.9 Å². The van der Waals surface area contributed by atoms with Crippen molar-refractivity contribution in [1.82, 2.24) is 30.0 Å². The molecule has 2 amide bonds. The topological polar surface area (TPSA) is 118 Å². The number of anilines is 2. The Morgan fingerprint density at radius 1 is 1.15 bits per heavy atom. The lowest BCUT2D eigenvalue weighted by atomic mass is 10.1. The molecule has 39 heavy (non-hydrogen) atoms. The van der Waals surface area contributed by atoms with Gasteiger partial charge in [-0.15, -0.1) is 10.2 Å². The second kappa shape index (κ2) is 10.5. The van der Waals surface area contributed by atoms with E-state index < -0.39 is 6.09 Å². The molecule has 4 aromatic rings. The molecule has 1 aliphatic rings. The van der Waals surface area contributed by atoms with Gasteiger partial charge in [-0.2, -0.15) is 0 Å². The second-order valence-electron chi connectivity index (χ2n) is 9.62. The number of hydrogen-bond donors (Lipinski definition) is 1. The van der Waals surface area contributed by atoms with Crippen LogP contribution in [0.4, 0.5) is 16.4 Å². The molecule has 0 bridgehead atoms. The predicted molar refractivity (Wildman–Crippen MR) is 147 cm³/mol. The number of aromatic nitrogens is 5. The van der Waals surface area contributed by atoms with Crippen LogP contribution in [0.1, 0.15) is 41.0 Å². The largest absolute Gasteiger partial charge is 0.443 e. The maximum absolute atomic E-state index is 13.7. The van der Waals surface area contributed by atoms with Gasteiger partial charge >= 0.3 is 6.09 Å². The minimum atomic E-state index is -0.568. The molecule has 0 saturated heterocycles. The van der Waals surface area contributed by atoms with E-state index in [1.165, 1.54) is 7.05 Å². The van der Waals surface area contributed by atoms with E-state index in [0.717, 1.165) is 11.3 Å². The van der Waals surface area contributed by atoms with E-state index in [0.29, 0.717) is 40.0 Å². The standard InChI is InChI=1S/C28H30N8O3/c1-17(2)34(5)25-13-20-21(23(32-25)15-39-28(38)29-4)14-35(27(20)37)24-8-6-7-22(31-24)26-33-30-16-36(26)19-11-9-18(3)10-12-19/h6-13,16-17H,14-15H2,1-5H3,(H,29,38). The Bertz CT molecular complexity index is 1530. The van der Waals surface area contributed by atoms with Crippen LogP contribution in [0.3, 0.4) is 0 Å². The molecule has 0 atom stereocenters. The number of nitrogens with one attached hydrogen (secondary N) is 1. The van der Waals surface area contributed by atoms with E-state index in [1.54, 1.807) is 23.4 Å². The summed E-state index contributed by atoms with van der Waals surface area (Å²) in [5.41, 5.74) is 4.39. The number of benzene rings is 1. The van der Waals surface area contributed by atoms with Crippen LogP contribution in [0, 0.1) is 6.92 Å². The number of ether oxygens (including phenoxy) is 1. The fourth-order valence-electron chi connectivity index (χ4n) is 4.31. The first-order chi connectivity index (χ1) is 18.8. The molecule has 0 unspecified atom stereocenters. The number of amides is 2. The van der Waals surface area contributed by atoms with Gasteiger partial charge in [0.15, 0.2) is 5.82 Å². The summed E-state index contributed by atoms with van der Waals surface area (Å²) in [5, 5.41) is 10.8. The number of nitrogens with zero attached hydrogens (tertiary/aromatic N) is 7. The number of carbonyl (C=O) groups excluding carboxylic acids is 2. The molecule has 5 rings (SSSR count). The Labute approximate surface area is 226 Å². The first-order valence-corrected chi connectivity index (χ1v) is 12.6. The second-order valence-corrected chi connectivity index (χ2v) is 9.62. The monoisotopic (exact) mass is 526 g/mol. The van der Waals surface area contributed by atoms with E-state index in [9.17, 15) is 9.59 Å². The molecule has 11 nitrogen and oxygen atoms in total. The van der Waals surface area contributed by atoms with Crippen molar-refractivity contribution in [1.29, 1.82) is 0 Å². The van der Waals surface area contributed by atoms with Gasteiger partial charge < -0.3 is 15.0 Å². The number of aryl methyl sites for hydroxylation is 1. The SMILES string of the molecule is CNC(=O)OCc1nc(N(C)C(C)C)cc2c1CN(c1cccc(-c3nncn3-c3ccc(C)cc3)n1)C2=O. The summed E-state index contributed by atoms with van der Waals surface area (Å²) in [7, 11) is 3.40. The van der Waals surface area contributed by atoms with Gasteiger partial charge in [0.25, 0.3) is 5.91 Å². The van der Waals surface area contributed by atoms with Crippen LogP contribution in [0.2, 0.25) is 0 Å². The van der Waals surface area contributed by atoms with Crippen molar-refractivity contribution in [2.75, 3.05) is 23.9 Å². The quantitative estimate of drug-likeness (QED) is 0.385. The molecule has 0 aliphatic carbocycles. The van der Waals surface area contributed by atoms with Crippen LogP contribution >= 0.6 is 0 Å². The molecule has 4 heterocycles. The molecular formula is C28H30N8O3.